The third-order valence-corrected chi connectivity index (χ3v) is 5.93. The van der Waals surface area contributed by atoms with E-state index in [1.165, 1.54) is 0 Å². The van der Waals surface area contributed by atoms with Gasteiger partial charge in [0.2, 0.25) is 0 Å². The van der Waals surface area contributed by atoms with Crippen molar-refractivity contribution in [3.63, 3.8) is 0 Å². The summed E-state index contributed by atoms with van der Waals surface area (Å²) in [5.74, 6) is -0.884. The van der Waals surface area contributed by atoms with Crippen LogP contribution in [0.15, 0.2) is 42.5 Å². The van der Waals surface area contributed by atoms with Gasteiger partial charge in [-0.25, -0.2) is 0 Å². The summed E-state index contributed by atoms with van der Waals surface area (Å²) in [5, 5.41) is 28.2. The Hall–Kier alpha value is -2.15. The molecule has 142 valence electrons. The highest BCUT2D eigenvalue weighted by atomic mass is 16.4. The molecular weight excluding hydrogens is 341 g/mol. The summed E-state index contributed by atoms with van der Waals surface area (Å²) in [6.45, 7) is 2.29. The first-order chi connectivity index (χ1) is 12.9. The lowest BCUT2D eigenvalue weighted by molar-refractivity contribution is -0.145. The quantitative estimate of drug-likeness (QED) is 0.563. The average Bonchev–Trinajstić information content (AvgIpc) is 2.94. The molecule has 6 heteroatoms. The molecule has 0 spiro atoms. The van der Waals surface area contributed by atoms with E-state index in [-0.39, 0.29) is 12.2 Å². The third-order valence-electron chi connectivity index (χ3n) is 5.93. The lowest BCUT2D eigenvalue weighted by atomic mass is 9.72. The summed E-state index contributed by atoms with van der Waals surface area (Å²) >= 11 is 0. The van der Waals surface area contributed by atoms with Gasteiger partial charge in [0.15, 0.2) is 0 Å². The second kappa shape index (κ2) is 7.84. The summed E-state index contributed by atoms with van der Waals surface area (Å²) in [7, 11) is -1.34. The molecule has 0 unspecified atom stereocenters. The van der Waals surface area contributed by atoms with Crippen molar-refractivity contribution < 1.29 is 19.9 Å². The van der Waals surface area contributed by atoms with E-state index in [1.54, 1.807) is 6.92 Å². The number of carboxylic acid groups (broad SMARTS) is 1. The third kappa shape index (κ3) is 3.79. The predicted octanol–water partition coefficient (Wildman–Crippen LogP) is 2.58. The Labute approximate surface area is 160 Å². The van der Waals surface area contributed by atoms with Gasteiger partial charge in [-0.15, -0.1) is 0 Å². The van der Waals surface area contributed by atoms with Crippen LogP contribution >= 0.6 is 0 Å². The molecule has 1 aliphatic rings. The zero-order valence-electron chi connectivity index (χ0n) is 15.6. The Kier molecular flexibility index (Phi) is 5.70. The Morgan fingerprint density at radius 1 is 1.19 bits per heavy atom. The predicted molar refractivity (Wildman–Crippen MR) is 106 cm³/mol. The first kappa shape index (κ1) is 19.6. The van der Waals surface area contributed by atoms with E-state index >= 15 is 0 Å². The average molecular weight is 367 g/mol. The van der Waals surface area contributed by atoms with Crippen LogP contribution in [-0.2, 0) is 23.2 Å². The van der Waals surface area contributed by atoms with Crippen molar-refractivity contribution in [3.8, 4) is 11.1 Å². The largest absolute Gasteiger partial charge is 0.481 e. The van der Waals surface area contributed by atoms with Crippen molar-refractivity contribution in [1.82, 2.24) is 0 Å². The van der Waals surface area contributed by atoms with E-state index in [1.807, 2.05) is 42.5 Å². The van der Waals surface area contributed by atoms with Crippen LogP contribution in [0.3, 0.4) is 0 Å². The maximum atomic E-state index is 12.2. The second-order valence-corrected chi connectivity index (χ2v) is 7.59. The van der Waals surface area contributed by atoms with Crippen molar-refractivity contribution in [2.24, 2.45) is 11.7 Å². The summed E-state index contributed by atoms with van der Waals surface area (Å²) < 4.78 is 0. The minimum absolute atomic E-state index is 0.0568. The fraction of sp³-hybridized carbons (Fsp3) is 0.381. The first-order valence-corrected chi connectivity index (χ1v) is 9.38. The van der Waals surface area contributed by atoms with Gasteiger partial charge in [0.05, 0.1) is 5.41 Å². The second-order valence-electron chi connectivity index (χ2n) is 7.59. The van der Waals surface area contributed by atoms with Gasteiger partial charge in [-0.05, 0) is 65.9 Å². The molecule has 0 heterocycles. The van der Waals surface area contributed by atoms with Crippen LogP contribution in [0.5, 0.6) is 0 Å². The molecule has 5 nitrogen and oxygen atoms in total. The molecule has 0 aliphatic heterocycles. The number of benzene rings is 2. The van der Waals surface area contributed by atoms with Gasteiger partial charge >= 0.3 is 13.1 Å². The fourth-order valence-electron chi connectivity index (χ4n) is 4.17. The number of aliphatic carboxylic acids is 1. The van der Waals surface area contributed by atoms with Crippen LogP contribution in [-0.4, -0.2) is 28.2 Å². The molecule has 27 heavy (non-hydrogen) atoms. The molecule has 3 rings (SSSR count). The number of fused-ring (bicyclic) bond motifs is 1. The standard InChI is InChI=1S/C21H26BNO4/c1-21(20(24)25)18(3-2-10-22(26)27)11-17-9-8-16(12-19(17)21)15-6-4-14(13-23)5-7-15/h4-9,12,18,26-27H,2-3,10-11,13,23H2,1H3,(H,24,25)/t18-,21-/m0/s1. The minimum Gasteiger partial charge on any atom is -0.481 e. The van der Waals surface area contributed by atoms with Gasteiger partial charge in [0.1, 0.15) is 0 Å². The highest BCUT2D eigenvalue weighted by molar-refractivity contribution is 6.40. The van der Waals surface area contributed by atoms with Gasteiger partial charge in [0, 0.05) is 6.54 Å². The molecule has 2 aromatic carbocycles. The normalized spacial score (nSPS) is 21.1. The van der Waals surface area contributed by atoms with E-state index < -0.39 is 18.5 Å². The summed E-state index contributed by atoms with van der Waals surface area (Å²) in [4.78, 5) is 12.2. The molecule has 0 aromatic heterocycles. The molecule has 2 aromatic rings. The van der Waals surface area contributed by atoms with Gasteiger partial charge in [0.25, 0.3) is 0 Å². The molecule has 0 amide bonds. The SMILES string of the molecule is C[C@@]1(C(=O)O)c2cc(-c3ccc(CN)cc3)ccc2C[C@@H]1CCCB(O)O. The Morgan fingerprint density at radius 2 is 1.85 bits per heavy atom. The highest BCUT2D eigenvalue weighted by Gasteiger charge is 2.48. The maximum absolute atomic E-state index is 12.2. The van der Waals surface area contributed by atoms with Crippen molar-refractivity contribution in [2.45, 2.75) is 44.5 Å². The van der Waals surface area contributed by atoms with Crippen molar-refractivity contribution in [2.75, 3.05) is 0 Å². The Morgan fingerprint density at radius 3 is 2.44 bits per heavy atom. The lowest BCUT2D eigenvalue weighted by Gasteiger charge is -2.28. The van der Waals surface area contributed by atoms with Crippen LogP contribution in [0.1, 0.15) is 36.5 Å². The van der Waals surface area contributed by atoms with Crippen molar-refractivity contribution in [3.05, 3.63) is 59.2 Å². The van der Waals surface area contributed by atoms with Crippen LogP contribution < -0.4 is 5.73 Å². The molecule has 0 fully saturated rings. The number of rotatable bonds is 7. The number of nitrogens with two attached hydrogens (primary N) is 1. The van der Waals surface area contributed by atoms with Crippen LogP contribution in [0.25, 0.3) is 11.1 Å². The topological polar surface area (TPSA) is 104 Å². The fourth-order valence-corrected chi connectivity index (χ4v) is 4.17. The molecule has 0 bridgehead atoms. The molecule has 1 aliphatic carbocycles. The molecular formula is C21H26BNO4. The number of hydrogen-bond donors (Lipinski definition) is 4. The van der Waals surface area contributed by atoms with Crippen LogP contribution in [0.2, 0.25) is 6.32 Å². The van der Waals surface area contributed by atoms with Gasteiger partial charge in [-0.3, -0.25) is 4.79 Å². The van der Waals surface area contributed by atoms with Gasteiger partial charge in [-0.2, -0.15) is 0 Å². The molecule has 2 atom stereocenters. The first-order valence-electron chi connectivity index (χ1n) is 9.38. The summed E-state index contributed by atoms with van der Waals surface area (Å²) in [5.41, 5.74) is 9.71. The zero-order valence-corrected chi connectivity index (χ0v) is 15.6. The highest BCUT2D eigenvalue weighted by Crippen LogP contribution is 2.47. The monoisotopic (exact) mass is 367 g/mol. The van der Waals surface area contributed by atoms with Crippen molar-refractivity contribution >= 4 is 13.1 Å². The minimum atomic E-state index is -1.34. The molecule has 0 saturated carbocycles. The van der Waals surface area contributed by atoms with Gasteiger partial charge in [-0.1, -0.05) is 42.8 Å². The van der Waals surface area contributed by atoms with E-state index in [9.17, 15) is 9.90 Å². The summed E-state index contributed by atoms with van der Waals surface area (Å²) in [6.07, 6.45) is 2.20. The number of hydrogen-bond acceptors (Lipinski definition) is 4. The van der Waals surface area contributed by atoms with Crippen LogP contribution in [0.4, 0.5) is 0 Å². The summed E-state index contributed by atoms with van der Waals surface area (Å²) in [6, 6.07) is 14.1. The maximum Gasteiger partial charge on any atom is 0.451 e. The molecule has 5 N–H and O–H groups in total. The van der Waals surface area contributed by atoms with E-state index in [0.29, 0.717) is 25.8 Å². The smallest absolute Gasteiger partial charge is 0.451 e. The number of carboxylic acids is 1. The van der Waals surface area contributed by atoms with E-state index in [2.05, 4.69) is 0 Å². The molecule has 0 saturated heterocycles. The Bertz CT molecular complexity index is 821. The van der Waals surface area contributed by atoms with Crippen LogP contribution in [0, 0.1) is 5.92 Å². The Balaban J connectivity index is 1.92. The van der Waals surface area contributed by atoms with Gasteiger partial charge < -0.3 is 20.9 Å². The zero-order chi connectivity index (χ0) is 19.6. The van der Waals surface area contributed by atoms with Crippen molar-refractivity contribution in [1.29, 1.82) is 0 Å². The molecule has 0 radical (unpaired) electrons. The van der Waals surface area contributed by atoms with E-state index in [4.69, 9.17) is 15.8 Å². The lowest BCUT2D eigenvalue weighted by Crippen LogP contribution is -2.37. The number of carbonyl (C=O) groups is 1. The van der Waals surface area contributed by atoms with E-state index in [0.717, 1.165) is 27.8 Å².